The normalized spacial score (nSPS) is 12.4. The largest absolute Gasteiger partial charge is 0.462 e. The van der Waals surface area contributed by atoms with Crippen LogP contribution in [0.3, 0.4) is 0 Å². The zero-order chi connectivity index (χ0) is 42.3. The zero-order valence-corrected chi connectivity index (χ0v) is 38.3. The Labute approximate surface area is 358 Å². The summed E-state index contributed by atoms with van der Waals surface area (Å²) in [5.74, 6) is -0.909. The Bertz CT molecular complexity index is 1030. The summed E-state index contributed by atoms with van der Waals surface area (Å²) in [5.41, 5.74) is 0. The van der Waals surface area contributed by atoms with Crippen LogP contribution in [0.15, 0.2) is 48.6 Å². The number of carbonyl (C=O) groups excluding carboxylic acids is 3. The molecule has 0 amide bonds. The standard InChI is InChI=1S/C52H92O6/c1-4-7-10-13-16-19-22-24-26-27-29-30-33-36-39-42-45-51(54)57-48-49(47-56-50(53)44-41-38-35-32-21-18-15-12-9-6-3)58-52(55)46-43-40-37-34-31-28-25-23-20-17-14-11-8-5-2/h7,10,16,19,24,26,28,31,49H,4-6,8-9,11-15,17-18,20-23,25,27,29-30,32-48H2,1-3H3/b10-7-,19-16-,26-24-,31-28-. The Balaban J connectivity index is 4.38. The lowest BCUT2D eigenvalue weighted by Crippen LogP contribution is -2.30. The van der Waals surface area contributed by atoms with Gasteiger partial charge in [0.15, 0.2) is 6.10 Å². The molecule has 0 fully saturated rings. The van der Waals surface area contributed by atoms with E-state index in [9.17, 15) is 14.4 Å². The van der Waals surface area contributed by atoms with Crippen molar-refractivity contribution in [1.29, 1.82) is 0 Å². The van der Waals surface area contributed by atoms with E-state index in [4.69, 9.17) is 14.2 Å². The summed E-state index contributed by atoms with van der Waals surface area (Å²) in [6.45, 7) is 6.49. The van der Waals surface area contributed by atoms with E-state index < -0.39 is 6.10 Å². The van der Waals surface area contributed by atoms with Crippen LogP contribution in [0.4, 0.5) is 0 Å². The monoisotopic (exact) mass is 813 g/mol. The van der Waals surface area contributed by atoms with Crippen molar-refractivity contribution in [1.82, 2.24) is 0 Å². The van der Waals surface area contributed by atoms with E-state index in [-0.39, 0.29) is 31.1 Å². The van der Waals surface area contributed by atoms with Crippen molar-refractivity contribution in [3.8, 4) is 0 Å². The lowest BCUT2D eigenvalue weighted by molar-refractivity contribution is -0.167. The molecule has 0 saturated heterocycles. The molecule has 0 aromatic carbocycles. The Morgan fingerprint density at radius 3 is 1.09 bits per heavy atom. The number of rotatable bonds is 44. The Morgan fingerprint density at radius 1 is 0.362 bits per heavy atom. The van der Waals surface area contributed by atoms with Gasteiger partial charge in [-0.05, 0) is 77.0 Å². The van der Waals surface area contributed by atoms with Gasteiger partial charge in [-0.15, -0.1) is 0 Å². The third kappa shape index (κ3) is 44.5. The van der Waals surface area contributed by atoms with E-state index in [1.54, 1.807) is 0 Å². The Kier molecular flexibility index (Phi) is 44.9. The van der Waals surface area contributed by atoms with Crippen LogP contribution in [0.5, 0.6) is 0 Å². The fraction of sp³-hybridized carbons (Fsp3) is 0.788. The Hall–Kier alpha value is -2.63. The predicted molar refractivity (Wildman–Crippen MR) is 247 cm³/mol. The van der Waals surface area contributed by atoms with Gasteiger partial charge in [0.2, 0.25) is 0 Å². The molecule has 1 atom stereocenters. The van der Waals surface area contributed by atoms with Gasteiger partial charge in [0.05, 0.1) is 0 Å². The van der Waals surface area contributed by atoms with Gasteiger partial charge < -0.3 is 14.2 Å². The number of carbonyl (C=O) groups is 3. The molecule has 336 valence electrons. The van der Waals surface area contributed by atoms with Gasteiger partial charge in [0.25, 0.3) is 0 Å². The van der Waals surface area contributed by atoms with Crippen molar-refractivity contribution in [3.05, 3.63) is 48.6 Å². The second-order valence-electron chi connectivity index (χ2n) is 16.3. The van der Waals surface area contributed by atoms with E-state index in [0.29, 0.717) is 19.3 Å². The first-order valence-electron chi connectivity index (χ1n) is 24.6. The smallest absolute Gasteiger partial charge is 0.306 e. The van der Waals surface area contributed by atoms with Gasteiger partial charge in [-0.1, -0.05) is 198 Å². The lowest BCUT2D eigenvalue weighted by atomic mass is 10.1. The molecule has 0 rings (SSSR count). The third-order valence-electron chi connectivity index (χ3n) is 10.6. The molecule has 0 aliphatic heterocycles. The van der Waals surface area contributed by atoms with Crippen LogP contribution >= 0.6 is 0 Å². The average molecular weight is 813 g/mol. The summed E-state index contributed by atoms with van der Waals surface area (Å²) in [7, 11) is 0. The highest BCUT2D eigenvalue weighted by Crippen LogP contribution is 2.14. The zero-order valence-electron chi connectivity index (χ0n) is 38.3. The topological polar surface area (TPSA) is 78.9 Å². The molecule has 0 aromatic heterocycles. The number of esters is 3. The van der Waals surface area contributed by atoms with Crippen LogP contribution in [0.25, 0.3) is 0 Å². The summed E-state index contributed by atoms with van der Waals surface area (Å²) in [6, 6.07) is 0. The fourth-order valence-electron chi connectivity index (χ4n) is 6.86. The molecule has 0 aliphatic carbocycles. The summed E-state index contributed by atoms with van der Waals surface area (Å²) in [5, 5.41) is 0. The molecule has 0 N–H and O–H groups in total. The highest BCUT2D eigenvalue weighted by molar-refractivity contribution is 5.71. The van der Waals surface area contributed by atoms with Crippen LogP contribution in [0.2, 0.25) is 0 Å². The van der Waals surface area contributed by atoms with Crippen molar-refractivity contribution in [2.45, 2.75) is 252 Å². The van der Waals surface area contributed by atoms with Crippen molar-refractivity contribution >= 4 is 17.9 Å². The maximum atomic E-state index is 12.7. The lowest BCUT2D eigenvalue weighted by Gasteiger charge is -2.18. The molecule has 0 radical (unpaired) electrons. The molecule has 6 heteroatoms. The van der Waals surface area contributed by atoms with Crippen molar-refractivity contribution in [2.75, 3.05) is 13.2 Å². The first-order chi connectivity index (χ1) is 28.5. The van der Waals surface area contributed by atoms with Crippen molar-refractivity contribution in [2.24, 2.45) is 0 Å². The van der Waals surface area contributed by atoms with Gasteiger partial charge in [-0.2, -0.15) is 0 Å². The molecular weight excluding hydrogens is 721 g/mol. The van der Waals surface area contributed by atoms with Gasteiger partial charge in [-0.3, -0.25) is 14.4 Å². The third-order valence-corrected chi connectivity index (χ3v) is 10.6. The molecule has 58 heavy (non-hydrogen) atoms. The number of hydrogen-bond acceptors (Lipinski definition) is 6. The molecule has 0 aliphatic rings. The van der Waals surface area contributed by atoms with Crippen LogP contribution < -0.4 is 0 Å². The number of ether oxygens (including phenoxy) is 3. The molecule has 0 heterocycles. The molecule has 0 saturated carbocycles. The molecular formula is C52H92O6. The first kappa shape index (κ1) is 55.4. The van der Waals surface area contributed by atoms with Gasteiger partial charge >= 0.3 is 17.9 Å². The van der Waals surface area contributed by atoms with Crippen molar-refractivity contribution in [3.63, 3.8) is 0 Å². The fourth-order valence-corrected chi connectivity index (χ4v) is 6.86. The summed E-state index contributed by atoms with van der Waals surface area (Å²) >= 11 is 0. The predicted octanol–water partition coefficient (Wildman–Crippen LogP) is 15.9. The molecule has 0 bridgehead atoms. The van der Waals surface area contributed by atoms with Crippen molar-refractivity contribution < 1.29 is 28.6 Å². The molecule has 6 nitrogen and oxygen atoms in total. The number of unbranched alkanes of at least 4 members (excludes halogenated alkanes) is 25. The molecule has 0 aromatic rings. The SMILES string of the molecule is CC/C=C\C/C=C\C/C=C\CCCCCCCCC(=O)OCC(COC(=O)CCCCCCCCCCCC)OC(=O)CCCCC/C=C\CCCCCCCCC. The van der Waals surface area contributed by atoms with Crippen LogP contribution in [-0.4, -0.2) is 37.2 Å². The maximum Gasteiger partial charge on any atom is 0.306 e. The minimum atomic E-state index is -0.782. The second-order valence-corrected chi connectivity index (χ2v) is 16.3. The summed E-state index contributed by atoms with van der Waals surface area (Å²) < 4.78 is 16.7. The molecule has 0 spiro atoms. The van der Waals surface area contributed by atoms with E-state index in [1.807, 2.05) is 0 Å². The second kappa shape index (κ2) is 47.1. The van der Waals surface area contributed by atoms with Crippen LogP contribution in [0, 0.1) is 0 Å². The average Bonchev–Trinajstić information content (AvgIpc) is 3.22. The number of allylic oxidation sites excluding steroid dienone is 8. The highest BCUT2D eigenvalue weighted by Gasteiger charge is 2.19. The van der Waals surface area contributed by atoms with Gasteiger partial charge in [0.1, 0.15) is 13.2 Å². The minimum absolute atomic E-state index is 0.0817. The van der Waals surface area contributed by atoms with Gasteiger partial charge in [0, 0.05) is 19.3 Å². The number of hydrogen-bond donors (Lipinski definition) is 0. The van der Waals surface area contributed by atoms with E-state index in [2.05, 4.69) is 69.4 Å². The first-order valence-corrected chi connectivity index (χ1v) is 24.6. The summed E-state index contributed by atoms with van der Waals surface area (Å²) in [4.78, 5) is 37.8. The quantitative estimate of drug-likeness (QED) is 0.0264. The molecule has 1 unspecified atom stereocenters. The van der Waals surface area contributed by atoms with E-state index in [0.717, 1.165) is 96.3 Å². The van der Waals surface area contributed by atoms with Crippen LogP contribution in [0.1, 0.15) is 245 Å². The van der Waals surface area contributed by atoms with E-state index >= 15 is 0 Å². The maximum absolute atomic E-state index is 12.7. The van der Waals surface area contributed by atoms with Gasteiger partial charge in [-0.25, -0.2) is 0 Å². The minimum Gasteiger partial charge on any atom is -0.462 e. The van der Waals surface area contributed by atoms with E-state index in [1.165, 1.54) is 109 Å². The Morgan fingerprint density at radius 2 is 0.672 bits per heavy atom. The van der Waals surface area contributed by atoms with Crippen LogP contribution in [-0.2, 0) is 28.6 Å². The highest BCUT2D eigenvalue weighted by atomic mass is 16.6. The summed E-state index contributed by atoms with van der Waals surface area (Å²) in [6.07, 6.45) is 55.2.